The number of hydrogen-bond acceptors (Lipinski definition) is 4. The first-order valence-electron chi connectivity index (χ1n) is 8.05. The summed E-state index contributed by atoms with van der Waals surface area (Å²) >= 11 is 0. The molecule has 0 fully saturated rings. The van der Waals surface area contributed by atoms with Crippen molar-refractivity contribution in [2.45, 2.75) is 20.0 Å². The van der Waals surface area contributed by atoms with E-state index in [9.17, 15) is 0 Å². The second kappa shape index (κ2) is 6.88. The molecule has 2 heterocycles. The fourth-order valence-electron chi connectivity index (χ4n) is 2.96. The van der Waals surface area contributed by atoms with E-state index >= 15 is 0 Å². The van der Waals surface area contributed by atoms with Gasteiger partial charge in [0.2, 0.25) is 0 Å². The van der Waals surface area contributed by atoms with Crippen LogP contribution in [0.15, 0.2) is 42.7 Å². The Morgan fingerprint density at radius 1 is 1.12 bits per heavy atom. The third-order valence-corrected chi connectivity index (χ3v) is 4.02. The van der Waals surface area contributed by atoms with Crippen LogP contribution in [0.4, 0.5) is 5.82 Å². The van der Waals surface area contributed by atoms with Crippen molar-refractivity contribution < 1.29 is 0 Å². The van der Waals surface area contributed by atoms with Crippen LogP contribution in [0.25, 0.3) is 5.69 Å². The largest absolute Gasteiger partial charge is 0.363 e. The fraction of sp³-hybridized carbons (Fsp3) is 0.333. The molecule has 0 saturated heterocycles. The normalized spacial score (nSPS) is 11.0. The topological polar surface area (TPSA) is 50.9 Å². The van der Waals surface area contributed by atoms with Crippen LogP contribution in [0.2, 0.25) is 0 Å². The molecule has 126 valence electrons. The molecular formula is C18H24N6. The molecule has 1 aromatic carbocycles. The molecule has 24 heavy (non-hydrogen) atoms. The lowest BCUT2D eigenvalue weighted by Crippen LogP contribution is -2.18. The maximum Gasteiger partial charge on any atom is 0.130 e. The first-order valence-corrected chi connectivity index (χ1v) is 8.05. The van der Waals surface area contributed by atoms with E-state index in [0.29, 0.717) is 0 Å². The SMILES string of the molecule is Cc1nn(C)c(N(C)C)c1CNCc1cnn(-c2ccccc2)c1. The highest BCUT2D eigenvalue weighted by Gasteiger charge is 2.14. The summed E-state index contributed by atoms with van der Waals surface area (Å²) in [5.41, 5.74) is 4.53. The van der Waals surface area contributed by atoms with Gasteiger partial charge in [-0.3, -0.25) is 4.68 Å². The van der Waals surface area contributed by atoms with Gasteiger partial charge in [0.1, 0.15) is 5.82 Å². The molecule has 0 radical (unpaired) electrons. The number of nitrogens with zero attached hydrogens (tertiary/aromatic N) is 5. The van der Waals surface area contributed by atoms with Crippen molar-refractivity contribution >= 4 is 5.82 Å². The lowest BCUT2D eigenvalue weighted by molar-refractivity contribution is 0.688. The third-order valence-electron chi connectivity index (χ3n) is 4.02. The van der Waals surface area contributed by atoms with E-state index in [-0.39, 0.29) is 0 Å². The van der Waals surface area contributed by atoms with E-state index in [0.717, 1.165) is 35.9 Å². The molecule has 3 aromatic rings. The van der Waals surface area contributed by atoms with Crippen molar-refractivity contribution in [3.63, 3.8) is 0 Å². The third kappa shape index (κ3) is 3.33. The zero-order valence-corrected chi connectivity index (χ0v) is 14.7. The summed E-state index contributed by atoms with van der Waals surface area (Å²) in [5.74, 6) is 1.14. The number of rotatable bonds is 6. The van der Waals surface area contributed by atoms with Gasteiger partial charge in [0.25, 0.3) is 0 Å². The molecule has 0 aliphatic rings. The van der Waals surface area contributed by atoms with E-state index in [4.69, 9.17) is 0 Å². The Labute approximate surface area is 142 Å². The molecule has 0 atom stereocenters. The average molecular weight is 324 g/mol. The highest BCUT2D eigenvalue weighted by molar-refractivity contribution is 5.48. The fourth-order valence-corrected chi connectivity index (χ4v) is 2.96. The summed E-state index contributed by atoms with van der Waals surface area (Å²) in [6, 6.07) is 10.1. The van der Waals surface area contributed by atoms with Crippen LogP contribution in [-0.2, 0) is 20.1 Å². The number of aryl methyl sites for hydroxylation is 2. The highest BCUT2D eigenvalue weighted by atomic mass is 15.4. The van der Waals surface area contributed by atoms with Gasteiger partial charge in [-0.1, -0.05) is 18.2 Å². The summed E-state index contributed by atoms with van der Waals surface area (Å²) in [4.78, 5) is 2.10. The first kappa shape index (κ1) is 16.3. The standard InChI is InChI=1S/C18H24N6/c1-14-17(18(22(2)3)23(4)21-14)12-19-10-15-11-20-24(13-15)16-8-6-5-7-9-16/h5-9,11,13,19H,10,12H2,1-4H3. The minimum Gasteiger partial charge on any atom is -0.363 e. The molecule has 1 N–H and O–H groups in total. The van der Waals surface area contributed by atoms with Crippen molar-refractivity contribution in [2.75, 3.05) is 19.0 Å². The molecule has 0 aliphatic heterocycles. The van der Waals surface area contributed by atoms with Crippen LogP contribution in [0.5, 0.6) is 0 Å². The molecule has 0 amide bonds. The lowest BCUT2D eigenvalue weighted by atomic mass is 10.2. The summed E-state index contributed by atoms with van der Waals surface area (Å²) < 4.78 is 3.83. The van der Waals surface area contributed by atoms with Crippen LogP contribution in [0.1, 0.15) is 16.8 Å². The van der Waals surface area contributed by atoms with Gasteiger partial charge < -0.3 is 10.2 Å². The molecule has 0 aliphatic carbocycles. The summed E-state index contributed by atoms with van der Waals surface area (Å²) in [7, 11) is 6.07. The van der Waals surface area contributed by atoms with Crippen LogP contribution < -0.4 is 10.2 Å². The Kier molecular flexibility index (Phi) is 4.66. The van der Waals surface area contributed by atoms with Crippen LogP contribution in [0, 0.1) is 6.92 Å². The quantitative estimate of drug-likeness (QED) is 0.756. The number of benzene rings is 1. The number of anilines is 1. The molecule has 3 rings (SSSR count). The van der Waals surface area contributed by atoms with Crippen LogP contribution in [0.3, 0.4) is 0 Å². The van der Waals surface area contributed by atoms with E-state index in [1.807, 2.05) is 67.0 Å². The maximum atomic E-state index is 4.52. The predicted molar refractivity (Wildman–Crippen MR) is 96.4 cm³/mol. The van der Waals surface area contributed by atoms with Gasteiger partial charge in [-0.25, -0.2) is 4.68 Å². The van der Waals surface area contributed by atoms with Crippen molar-refractivity contribution in [3.8, 4) is 5.69 Å². The number of hydrogen-bond donors (Lipinski definition) is 1. The molecule has 0 bridgehead atoms. The predicted octanol–water partition coefficient (Wildman–Crippen LogP) is 2.27. The van der Waals surface area contributed by atoms with E-state index in [1.165, 1.54) is 5.56 Å². The van der Waals surface area contributed by atoms with Crippen molar-refractivity contribution in [3.05, 3.63) is 59.5 Å². The molecule has 2 aromatic heterocycles. The smallest absolute Gasteiger partial charge is 0.130 e. The van der Waals surface area contributed by atoms with Gasteiger partial charge in [0.15, 0.2) is 0 Å². The lowest BCUT2D eigenvalue weighted by Gasteiger charge is -2.15. The summed E-state index contributed by atoms with van der Waals surface area (Å²) in [6.07, 6.45) is 3.97. The number of nitrogens with one attached hydrogen (secondary N) is 1. The van der Waals surface area contributed by atoms with Gasteiger partial charge in [-0.05, 0) is 19.1 Å². The summed E-state index contributed by atoms with van der Waals surface area (Å²) in [5, 5.41) is 12.5. The van der Waals surface area contributed by atoms with Crippen molar-refractivity contribution in [1.29, 1.82) is 0 Å². The minimum atomic E-state index is 0.772. The zero-order chi connectivity index (χ0) is 17.1. The summed E-state index contributed by atoms with van der Waals surface area (Å²) in [6.45, 7) is 3.61. The van der Waals surface area contributed by atoms with E-state index in [2.05, 4.69) is 33.5 Å². The zero-order valence-electron chi connectivity index (χ0n) is 14.7. The second-order valence-corrected chi connectivity index (χ2v) is 6.14. The van der Waals surface area contributed by atoms with Crippen molar-refractivity contribution in [2.24, 2.45) is 7.05 Å². The molecule has 0 unspecified atom stereocenters. The second-order valence-electron chi connectivity index (χ2n) is 6.14. The maximum absolute atomic E-state index is 4.52. The Balaban J connectivity index is 1.65. The Bertz CT molecular complexity index is 800. The van der Waals surface area contributed by atoms with E-state index in [1.54, 1.807) is 0 Å². The number of para-hydroxylation sites is 1. The minimum absolute atomic E-state index is 0.772. The molecule has 6 heteroatoms. The van der Waals surface area contributed by atoms with Gasteiger partial charge in [0, 0.05) is 51.6 Å². The van der Waals surface area contributed by atoms with Gasteiger partial charge in [0.05, 0.1) is 17.6 Å². The van der Waals surface area contributed by atoms with Gasteiger partial charge in [-0.15, -0.1) is 0 Å². The molecular weight excluding hydrogens is 300 g/mol. The van der Waals surface area contributed by atoms with Crippen LogP contribution in [-0.4, -0.2) is 33.7 Å². The Morgan fingerprint density at radius 3 is 2.58 bits per heavy atom. The van der Waals surface area contributed by atoms with Gasteiger partial charge >= 0.3 is 0 Å². The average Bonchev–Trinajstić information content (AvgIpc) is 3.13. The Hall–Kier alpha value is -2.60. The monoisotopic (exact) mass is 324 g/mol. The molecule has 0 spiro atoms. The highest BCUT2D eigenvalue weighted by Crippen LogP contribution is 2.21. The molecule has 6 nitrogen and oxygen atoms in total. The van der Waals surface area contributed by atoms with E-state index < -0.39 is 0 Å². The number of aromatic nitrogens is 4. The molecule has 0 saturated carbocycles. The van der Waals surface area contributed by atoms with Crippen molar-refractivity contribution in [1.82, 2.24) is 24.9 Å². The first-order chi connectivity index (χ1) is 11.6. The van der Waals surface area contributed by atoms with Gasteiger partial charge in [-0.2, -0.15) is 10.2 Å². The Morgan fingerprint density at radius 2 is 1.88 bits per heavy atom. The van der Waals surface area contributed by atoms with Crippen LogP contribution >= 0.6 is 0 Å².